The Morgan fingerprint density at radius 3 is 2.73 bits per heavy atom. The molecular weight excluding hydrogens is 294 g/mol. The molecule has 2 N–H and O–H groups in total. The Morgan fingerprint density at radius 2 is 2.20 bits per heavy atom. The summed E-state index contributed by atoms with van der Waals surface area (Å²) in [4.78, 5) is 1.21. The van der Waals surface area contributed by atoms with Crippen LogP contribution in [0.4, 0.5) is 0 Å². The van der Waals surface area contributed by atoms with Gasteiger partial charge < -0.3 is 5.73 Å². The molecule has 0 aromatic carbocycles. The fourth-order valence-electron chi connectivity index (χ4n) is 2.27. The maximum Gasteiger partial charge on any atom is 0.107 e. The summed E-state index contributed by atoms with van der Waals surface area (Å²) < 4.78 is 1.79. The minimum Gasteiger partial charge on any atom is -0.323 e. The van der Waals surface area contributed by atoms with Crippen molar-refractivity contribution in [2.45, 2.75) is 38.1 Å². The summed E-state index contributed by atoms with van der Waals surface area (Å²) in [5.41, 5.74) is 6.19. The number of halogens is 2. The van der Waals surface area contributed by atoms with E-state index in [1.54, 1.807) is 11.3 Å². The fraction of sp³-hybridized carbons (Fsp3) is 0.636. The molecule has 1 aromatic rings. The second-order valence-electron chi connectivity index (χ2n) is 4.26. The first-order valence-corrected chi connectivity index (χ1v) is 7.36. The molecule has 0 spiro atoms. The Balaban J connectivity index is 1.97. The van der Waals surface area contributed by atoms with Crippen molar-refractivity contribution >= 4 is 38.9 Å². The van der Waals surface area contributed by atoms with Crippen LogP contribution in [0, 0.1) is 5.92 Å². The van der Waals surface area contributed by atoms with E-state index in [2.05, 4.69) is 22.0 Å². The Kier molecular flexibility index (Phi) is 4.10. The number of thiophene rings is 1. The quantitative estimate of drug-likeness (QED) is 0.857. The third-order valence-corrected chi connectivity index (χ3v) is 5.70. The van der Waals surface area contributed by atoms with Crippen molar-refractivity contribution in [1.82, 2.24) is 0 Å². The molecule has 1 aliphatic rings. The van der Waals surface area contributed by atoms with Crippen LogP contribution in [-0.2, 0) is 0 Å². The van der Waals surface area contributed by atoms with Gasteiger partial charge in [-0.05, 0) is 34.3 Å². The van der Waals surface area contributed by atoms with E-state index in [-0.39, 0.29) is 6.04 Å². The van der Waals surface area contributed by atoms with Gasteiger partial charge in [-0.1, -0.05) is 37.3 Å². The van der Waals surface area contributed by atoms with Gasteiger partial charge in [0.15, 0.2) is 0 Å². The van der Waals surface area contributed by atoms with Crippen LogP contribution in [0.25, 0.3) is 0 Å². The standard InChI is InChI=1S/C11H15BrClNS/c12-8-6-10(15-11(8)13)9(14)5-7-3-1-2-4-7/h6-7,9H,1-5,14H2. The van der Waals surface area contributed by atoms with Crippen molar-refractivity contribution in [2.75, 3.05) is 0 Å². The van der Waals surface area contributed by atoms with Crippen molar-refractivity contribution in [1.29, 1.82) is 0 Å². The SMILES string of the molecule is NC(CC1CCCC1)c1cc(Br)c(Cl)s1. The van der Waals surface area contributed by atoms with Crippen molar-refractivity contribution < 1.29 is 0 Å². The molecule has 1 aromatic heterocycles. The normalized spacial score (nSPS) is 19.7. The van der Waals surface area contributed by atoms with Gasteiger partial charge in [-0.2, -0.15) is 0 Å². The molecule has 2 rings (SSSR count). The third-order valence-electron chi connectivity index (χ3n) is 3.09. The molecule has 1 aliphatic carbocycles. The van der Waals surface area contributed by atoms with Gasteiger partial charge in [0.1, 0.15) is 4.34 Å². The lowest BCUT2D eigenvalue weighted by Gasteiger charge is -2.14. The van der Waals surface area contributed by atoms with Crippen LogP contribution >= 0.6 is 38.9 Å². The summed E-state index contributed by atoms with van der Waals surface area (Å²) in [6, 6.07) is 2.23. The number of hydrogen-bond donors (Lipinski definition) is 1. The number of hydrogen-bond acceptors (Lipinski definition) is 2. The van der Waals surface area contributed by atoms with Crippen molar-refractivity contribution in [3.63, 3.8) is 0 Å². The molecule has 0 bridgehead atoms. The highest BCUT2D eigenvalue weighted by atomic mass is 79.9. The zero-order valence-corrected chi connectivity index (χ0v) is 11.7. The van der Waals surface area contributed by atoms with Gasteiger partial charge >= 0.3 is 0 Å². The predicted octanol–water partition coefficient (Wildman–Crippen LogP) is 4.74. The molecule has 0 radical (unpaired) electrons. The second kappa shape index (κ2) is 5.17. The maximum atomic E-state index is 6.19. The molecule has 1 atom stereocenters. The van der Waals surface area contributed by atoms with Crippen LogP contribution in [0.3, 0.4) is 0 Å². The van der Waals surface area contributed by atoms with Crippen LogP contribution in [0.2, 0.25) is 4.34 Å². The lowest BCUT2D eigenvalue weighted by atomic mass is 9.98. The lowest BCUT2D eigenvalue weighted by Crippen LogP contribution is -2.12. The highest BCUT2D eigenvalue weighted by Crippen LogP contribution is 2.38. The summed E-state index contributed by atoms with van der Waals surface area (Å²) >= 11 is 11.0. The number of nitrogens with two attached hydrogens (primary N) is 1. The van der Waals surface area contributed by atoms with E-state index in [1.165, 1.54) is 30.6 Å². The molecule has 0 aliphatic heterocycles. The van der Waals surface area contributed by atoms with Crippen LogP contribution in [-0.4, -0.2) is 0 Å². The molecular formula is C11H15BrClNS. The summed E-state index contributed by atoms with van der Waals surface area (Å²) in [7, 11) is 0. The van der Waals surface area contributed by atoms with Gasteiger partial charge in [-0.3, -0.25) is 0 Å². The van der Waals surface area contributed by atoms with E-state index in [0.29, 0.717) is 0 Å². The summed E-state index contributed by atoms with van der Waals surface area (Å²) in [5, 5.41) is 0. The molecule has 1 saturated carbocycles. The maximum absolute atomic E-state index is 6.19. The molecule has 1 nitrogen and oxygen atoms in total. The lowest BCUT2D eigenvalue weighted by molar-refractivity contribution is 0.454. The van der Waals surface area contributed by atoms with Gasteiger partial charge in [0.05, 0.1) is 0 Å². The van der Waals surface area contributed by atoms with Gasteiger partial charge in [0, 0.05) is 15.4 Å². The molecule has 15 heavy (non-hydrogen) atoms. The average molecular weight is 309 g/mol. The second-order valence-corrected chi connectivity index (χ2v) is 6.80. The monoisotopic (exact) mass is 307 g/mol. The Bertz CT molecular complexity index is 314. The van der Waals surface area contributed by atoms with E-state index in [1.807, 2.05) is 0 Å². The first-order chi connectivity index (χ1) is 7.16. The van der Waals surface area contributed by atoms with Crippen molar-refractivity contribution in [2.24, 2.45) is 11.7 Å². The highest BCUT2D eigenvalue weighted by Gasteiger charge is 2.20. The zero-order valence-electron chi connectivity index (χ0n) is 8.51. The topological polar surface area (TPSA) is 26.0 Å². The summed E-state index contributed by atoms with van der Waals surface area (Å²) in [6.45, 7) is 0. The van der Waals surface area contributed by atoms with E-state index in [4.69, 9.17) is 17.3 Å². The summed E-state index contributed by atoms with van der Waals surface area (Å²) in [6.07, 6.45) is 6.59. The van der Waals surface area contributed by atoms with Crippen LogP contribution in [0.15, 0.2) is 10.5 Å². The minimum atomic E-state index is 0.168. The van der Waals surface area contributed by atoms with Crippen LogP contribution in [0.1, 0.15) is 43.0 Å². The molecule has 1 heterocycles. The predicted molar refractivity (Wildman–Crippen MR) is 70.5 cm³/mol. The molecule has 4 heteroatoms. The first kappa shape index (κ1) is 11.9. The Labute approximate surface area is 108 Å². The highest BCUT2D eigenvalue weighted by molar-refractivity contribution is 9.10. The van der Waals surface area contributed by atoms with Crippen molar-refractivity contribution in [3.05, 3.63) is 19.8 Å². The molecule has 0 amide bonds. The largest absolute Gasteiger partial charge is 0.323 e. The Hall–Kier alpha value is 0.430. The summed E-state index contributed by atoms with van der Waals surface area (Å²) in [5.74, 6) is 0.833. The van der Waals surface area contributed by atoms with E-state index >= 15 is 0 Å². The number of rotatable bonds is 3. The average Bonchev–Trinajstić information content (AvgIpc) is 2.78. The van der Waals surface area contributed by atoms with E-state index in [9.17, 15) is 0 Å². The van der Waals surface area contributed by atoms with Crippen LogP contribution in [0.5, 0.6) is 0 Å². The molecule has 1 fully saturated rings. The van der Waals surface area contributed by atoms with Gasteiger partial charge in [0.2, 0.25) is 0 Å². The zero-order chi connectivity index (χ0) is 10.8. The molecule has 0 saturated heterocycles. The smallest absolute Gasteiger partial charge is 0.107 e. The molecule has 1 unspecified atom stereocenters. The van der Waals surface area contributed by atoms with Crippen LogP contribution < -0.4 is 5.73 Å². The van der Waals surface area contributed by atoms with Gasteiger partial charge in [0.25, 0.3) is 0 Å². The van der Waals surface area contributed by atoms with Gasteiger partial charge in [-0.25, -0.2) is 0 Å². The van der Waals surface area contributed by atoms with E-state index in [0.717, 1.165) is 21.1 Å². The minimum absolute atomic E-state index is 0.168. The Morgan fingerprint density at radius 1 is 1.53 bits per heavy atom. The van der Waals surface area contributed by atoms with Crippen molar-refractivity contribution in [3.8, 4) is 0 Å². The van der Waals surface area contributed by atoms with Gasteiger partial charge in [-0.15, -0.1) is 11.3 Å². The first-order valence-electron chi connectivity index (χ1n) is 5.37. The molecule has 84 valence electrons. The fourth-order valence-corrected chi connectivity index (χ4v) is 4.02. The van der Waals surface area contributed by atoms with E-state index < -0.39 is 0 Å². The third kappa shape index (κ3) is 2.96.